The number of para-hydroxylation sites is 2. The van der Waals surface area contributed by atoms with E-state index in [1.165, 1.54) is 103 Å². The van der Waals surface area contributed by atoms with Crippen LogP contribution in [0.1, 0.15) is 226 Å². The van der Waals surface area contributed by atoms with Crippen molar-refractivity contribution in [2.45, 2.75) is 207 Å². The molecule has 0 aromatic heterocycles. The van der Waals surface area contributed by atoms with Gasteiger partial charge in [0.05, 0.1) is 32.1 Å². The van der Waals surface area contributed by atoms with Crippen molar-refractivity contribution in [1.82, 2.24) is 0 Å². The van der Waals surface area contributed by atoms with Crippen LogP contribution in [0.5, 0.6) is 23.0 Å². The van der Waals surface area contributed by atoms with Gasteiger partial charge in [-0.05, 0) is 72.2 Å². The second kappa shape index (κ2) is 33.5. The van der Waals surface area contributed by atoms with E-state index in [1.54, 1.807) is 0 Å². The monoisotopic (exact) mass is 989 g/mol. The van der Waals surface area contributed by atoms with Crippen molar-refractivity contribution in [3.8, 4) is 23.0 Å². The molecular formula is C62H96N6O4+2. The smallest absolute Gasteiger partial charge is 0.439 e. The maximum absolute atomic E-state index is 7.05. The van der Waals surface area contributed by atoms with E-state index in [-0.39, 0.29) is 5.96 Å². The molecule has 10 nitrogen and oxygen atoms in total. The Morgan fingerprint density at radius 3 is 0.986 bits per heavy atom. The number of rotatable bonds is 34. The van der Waals surface area contributed by atoms with Crippen LogP contribution in [0.25, 0.3) is 0 Å². The molecule has 72 heavy (non-hydrogen) atoms. The zero-order chi connectivity index (χ0) is 51.2. The Bertz CT molecular complexity index is 2000. The Kier molecular flexibility index (Phi) is 26.8. The first kappa shape index (κ1) is 57.7. The maximum Gasteiger partial charge on any atom is 0.439 e. The molecule has 4 aromatic rings. The predicted octanol–water partition coefficient (Wildman–Crippen LogP) is 12.5. The molecule has 0 saturated carbocycles. The van der Waals surface area contributed by atoms with Gasteiger partial charge in [-0.1, -0.05) is 193 Å². The van der Waals surface area contributed by atoms with Crippen LogP contribution in [-0.4, -0.2) is 38.3 Å². The first-order chi connectivity index (χ1) is 35.2. The topological polar surface area (TPSA) is 169 Å². The van der Waals surface area contributed by atoms with Crippen molar-refractivity contribution >= 4 is 23.3 Å². The number of ether oxygens (including phenoxy) is 4. The molecule has 0 spiro atoms. The Labute approximate surface area is 435 Å². The molecular weight excluding hydrogens is 893 g/mol. The van der Waals surface area contributed by atoms with Gasteiger partial charge in [-0.3, -0.25) is 5.73 Å². The van der Waals surface area contributed by atoms with E-state index in [2.05, 4.69) is 104 Å². The minimum atomic E-state index is 0.0208. The van der Waals surface area contributed by atoms with Crippen LogP contribution >= 0.6 is 0 Å². The molecule has 10 heteroatoms. The summed E-state index contributed by atoms with van der Waals surface area (Å²) < 4.78 is 28.1. The zero-order valence-electron chi connectivity index (χ0n) is 45.4. The first-order valence-corrected chi connectivity index (χ1v) is 28.6. The number of quaternary nitrogens is 1. The van der Waals surface area contributed by atoms with E-state index < -0.39 is 0 Å². The number of hydrogen-bond donors (Lipinski definition) is 5. The van der Waals surface area contributed by atoms with Gasteiger partial charge in [-0.15, -0.1) is 0 Å². The number of unbranched alkanes of at least 4 members (excludes halogenated alkanes) is 20. The van der Waals surface area contributed by atoms with Crippen LogP contribution in [0, 0.1) is 0 Å². The van der Waals surface area contributed by atoms with Crippen molar-refractivity contribution in [3.05, 3.63) is 105 Å². The number of guanidine groups is 2. The van der Waals surface area contributed by atoms with E-state index in [1.807, 2.05) is 0 Å². The minimum Gasteiger partial charge on any atom is -0.493 e. The van der Waals surface area contributed by atoms with Crippen molar-refractivity contribution < 1.29 is 29.7 Å². The summed E-state index contributed by atoms with van der Waals surface area (Å²) in [4.78, 5) is 8.07. The van der Waals surface area contributed by atoms with Gasteiger partial charge in [0.2, 0.25) is 0 Å². The van der Waals surface area contributed by atoms with Gasteiger partial charge in [0.1, 0.15) is 28.7 Å². The molecule has 5 rings (SSSR count). The highest BCUT2D eigenvalue weighted by molar-refractivity contribution is 5.79. The molecule has 0 amide bonds. The molecule has 1 aliphatic carbocycles. The Morgan fingerprint density at radius 1 is 0.417 bits per heavy atom. The maximum atomic E-state index is 7.05. The number of nitrogens with one attached hydrogen (secondary N) is 1. The molecule has 4 aromatic carbocycles. The summed E-state index contributed by atoms with van der Waals surface area (Å²) in [5.74, 6) is 4.04. The van der Waals surface area contributed by atoms with Crippen molar-refractivity contribution in [3.63, 3.8) is 0 Å². The highest BCUT2D eigenvalue weighted by Gasteiger charge is 2.24. The summed E-state index contributed by atoms with van der Waals surface area (Å²) in [6.45, 7) is 11.6. The van der Waals surface area contributed by atoms with Crippen molar-refractivity contribution in [1.29, 1.82) is 0 Å². The minimum absolute atomic E-state index is 0.0208. The van der Waals surface area contributed by atoms with Crippen molar-refractivity contribution in [2.75, 3.05) is 26.4 Å². The summed E-state index contributed by atoms with van der Waals surface area (Å²) in [7, 11) is 0. The molecule has 1 aliphatic rings. The SMILES string of the molecule is CCCCCCCCOc1c2cccc1Cc1cc([NH+]=C(N)[NH3+])cc(c1OCCCCCCCC)Cc1cccc(c1OCCCCCCCC)Cc1cc(N=C(N)N)cc(c1OCCCCCCCC)C2. The van der Waals surface area contributed by atoms with E-state index in [9.17, 15) is 0 Å². The highest BCUT2D eigenvalue weighted by Crippen LogP contribution is 2.41. The fourth-order valence-electron chi connectivity index (χ4n) is 10.1. The molecule has 0 unspecified atom stereocenters. The number of nitrogens with two attached hydrogens (primary N) is 3. The standard InChI is InChI=1S/C62H94N6O4/c1-5-9-13-17-21-25-35-69-57-47-31-29-32-48(57)40-52-44-56(68-62(65)66)46-54(60(52)72-38-28-24-20-16-12-8-4)42-50-34-30-33-49(58(50)70-36-26-22-18-14-10-6-2)41-53-45-55(67-61(63)64)43-51(39-47)59(53)71-37-27-23-19-15-11-7-3/h29-34,43-46H,5-28,35-42H2,1-4H3,(H4,63,64,67)(H4,65,66,68)/p+2. The number of hydrogen-bond acceptors (Lipinski definition) is 5. The average molecular weight is 989 g/mol. The van der Waals surface area contributed by atoms with Gasteiger partial charge >= 0.3 is 5.96 Å². The molecule has 0 fully saturated rings. The van der Waals surface area contributed by atoms with Crippen LogP contribution in [0.4, 0.5) is 11.4 Å². The van der Waals surface area contributed by atoms with Gasteiger partial charge < -0.3 is 30.4 Å². The Morgan fingerprint density at radius 2 is 0.694 bits per heavy atom. The van der Waals surface area contributed by atoms with Crippen LogP contribution in [0.2, 0.25) is 0 Å². The van der Waals surface area contributed by atoms with Crippen molar-refractivity contribution in [2.24, 2.45) is 22.2 Å². The highest BCUT2D eigenvalue weighted by atomic mass is 16.5. The quantitative estimate of drug-likeness (QED) is 0.0155. The summed E-state index contributed by atoms with van der Waals surface area (Å²) in [6.07, 6.45) is 30.7. The predicted molar refractivity (Wildman–Crippen MR) is 301 cm³/mol. The average Bonchev–Trinajstić information content (AvgIpc) is 3.34. The Hall–Kier alpha value is -5.22. The molecule has 0 heterocycles. The van der Waals surface area contributed by atoms with Gasteiger partial charge in [0.15, 0.2) is 5.96 Å². The third kappa shape index (κ3) is 20.0. The molecule has 0 saturated heterocycles. The van der Waals surface area contributed by atoms with Crippen LogP contribution in [0.3, 0.4) is 0 Å². The lowest BCUT2D eigenvalue weighted by atomic mass is 9.90. The fraction of sp³-hybridized carbons (Fsp3) is 0.581. The van der Waals surface area contributed by atoms with Crippen LogP contribution in [0.15, 0.2) is 65.7 Å². The van der Waals surface area contributed by atoms with E-state index >= 15 is 0 Å². The summed E-state index contributed by atoms with van der Waals surface area (Å²) in [5, 5.41) is 0. The Balaban J connectivity index is 1.71. The van der Waals surface area contributed by atoms with Crippen LogP contribution < -0.4 is 46.9 Å². The number of aliphatic imine (C=N–C) groups is 1. The second-order valence-corrected chi connectivity index (χ2v) is 20.4. The molecule has 396 valence electrons. The molecule has 8 bridgehead atoms. The fourth-order valence-corrected chi connectivity index (χ4v) is 10.1. The lowest BCUT2D eigenvalue weighted by Gasteiger charge is -2.23. The first-order valence-electron chi connectivity index (χ1n) is 28.6. The largest absolute Gasteiger partial charge is 0.493 e. The lowest BCUT2D eigenvalue weighted by Crippen LogP contribution is -2.85. The van der Waals surface area contributed by atoms with Gasteiger partial charge in [-0.2, -0.15) is 4.99 Å². The summed E-state index contributed by atoms with van der Waals surface area (Å²) >= 11 is 0. The zero-order valence-corrected chi connectivity index (χ0v) is 45.4. The van der Waals surface area contributed by atoms with E-state index in [0.29, 0.717) is 63.8 Å². The second-order valence-electron chi connectivity index (χ2n) is 20.4. The number of nitrogens with zero attached hydrogens (tertiary/aromatic N) is 1. The lowest BCUT2D eigenvalue weighted by molar-refractivity contribution is -0.426. The molecule has 10 N–H and O–H groups in total. The third-order valence-corrected chi connectivity index (χ3v) is 13.9. The van der Waals surface area contributed by atoms with E-state index in [4.69, 9.17) is 36.1 Å². The van der Waals surface area contributed by atoms with Crippen LogP contribution in [-0.2, 0) is 25.7 Å². The summed E-state index contributed by atoms with van der Waals surface area (Å²) in [6, 6.07) is 21.8. The molecule has 0 atom stereocenters. The van der Waals surface area contributed by atoms with Gasteiger partial charge in [-0.25, -0.2) is 10.7 Å². The summed E-state index contributed by atoms with van der Waals surface area (Å²) in [5.41, 5.74) is 32.8. The number of fused-ring (bicyclic) bond motifs is 8. The number of benzene rings is 4. The molecule has 0 radical (unpaired) electrons. The normalized spacial score (nSPS) is 12.4. The third-order valence-electron chi connectivity index (χ3n) is 13.9. The van der Waals surface area contributed by atoms with Gasteiger partial charge in [0.25, 0.3) is 0 Å². The van der Waals surface area contributed by atoms with Gasteiger partial charge in [0, 0.05) is 47.9 Å². The molecule has 0 aliphatic heterocycles. The van der Waals surface area contributed by atoms with E-state index in [0.717, 1.165) is 125 Å².